The van der Waals surface area contributed by atoms with Gasteiger partial charge in [0.1, 0.15) is 11.6 Å². The maximum atomic E-state index is 13.7. The summed E-state index contributed by atoms with van der Waals surface area (Å²) in [5.41, 5.74) is 1.82. The standard InChI is InChI=1S/C16H15BrFNO/c17-12-5-6-14(18)11(9-12)10-19-15-7-8-20-16-4-2-1-3-13(15)16/h1-6,9,15,19H,7-8,10H2. The van der Waals surface area contributed by atoms with Gasteiger partial charge in [0.05, 0.1) is 6.61 Å². The summed E-state index contributed by atoms with van der Waals surface area (Å²) in [6, 6.07) is 13.2. The van der Waals surface area contributed by atoms with Crippen LogP contribution in [0.15, 0.2) is 46.9 Å². The van der Waals surface area contributed by atoms with E-state index in [1.54, 1.807) is 6.07 Å². The molecule has 0 bridgehead atoms. The van der Waals surface area contributed by atoms with E-state index in [9.17, 15) is 4.39 Å². The molecule has 0 aromatic heterocycles. The lowest BCUT2D eigenvalue weighted by Gasteiger charge is -2.26. The zero-order valence-corrected chi connectivity index (χ0v) is 12.5. The van der Waals surface area contributed by atoms with E-state index in [4.69, 9.17) is 4.74 Å². The molecule has 1 heterocycles. The lowest BCUT2D eigenvalue weighted by Crippen LogP contribution is -2.27. The summed E-state index contributed by atoms with van der Waals surface area (Å²) in [7, 11) is 0. The first-order valence-corrected chi connectivity index (χ1v) is 7.42. The van der Waals surface area contributed by atoms with Crippen LogP contribution in [0.25, 0.3) is 0 Å². The molecule has 104 valence electrons. The fourth-order valence-electron chi connectivity index (χ4n) is 2.47. The third-order valence-corrected chi connectivity index (χ3v) is 4.00. The zero-order chi connectivity index (χ0) is 13.9. The molecule has 0 aliphatic carbocycles. The van der Waals surface area contributed by atoms with Crippen molar-refractivity contribution >= 4 is 15.9 Å². The molecule has 0 radical (unpaired) electrons. The fourth-order valence-corrected chi connectivity index (χ4v) is 2.87. The zero-order valence-electron chi connectivity index (χ0n) is 10.9. The number of rotatable bonds is 3. The minimum Gasteiger partial charge on any atom is -0.493 e. The summed E-state index contributed by atoms with van der Waals surface area (Å²) >= 11 is 3.37. The van der Waals surface area contributed by atoms with Gasteiger partial charge in [-0.2, -0.15) is 0 Å². The van der Waals surface area contributed by atoms with E-state index in [1.807, 2.05) is 24.3 Å². The topological polar surface area (TPSA) is 21.3 Å². The third-order valence-electron chi connectivity index (χ3n) is 3.51. The van der Waals surface area contributed by atoms with Crippen molar-refractivity contribution in [3.05, 3.63) is 63.9 Å². The van der Waals surface area contributed by atoms with Gasteiger partial charge < -0.3 is 10.1 Å². The van der Waals surface area contributed by atoms with E-state index in [-0.39, 0.29) is 11.9 Å². The molecule has 0 saturated carbocycles. The average molecular weight is 336 g/mol. The summed E-state index contributed by atoms with van der Waals surface area (Å²) in [5, 5.41) is 3.42. The number of benzene rings is 2. The van der Waals surface area contributed by atoms with Crippen LogP contribution in [-0.2, 0) is 6.54 Å². The maximum absolute atomic E-state index is 13.7. The SMILES string of the molecule is Fc1ccc(Br)cc1CNC1CCOc2ccccc21. The highest BCUT2D eigenvalue weighted by Gasteiger charge is 2.20. The molecule has 1 atom stereocenters. The minimum absolute atomic E-state index is 0.180. The van der Waals surface area contributed by atoms with Crippen molar-refractivity contribution in [3.8, 4) is 5.75 Å². The molecular formula is C16H15BrFNO. The summed E-state index contributed by atoms with van der Waals surface area (Å²) in [6.07, 6.45) is 0.895. The molecule has 0 spiro atoms. The van der Waals surface area contributed by atoms with Crippen molar-refractivity contribution in [2.24, 2.45) is 0 Å². The van der Waals surface area contributed by atoms with Gasteiger partial charge in [-0.15, -0.1) is 0 Å². The molecule has 2 aromatic rings. The van der Waals surface area contributed by atoms with Gasteiger partial charge in [-0.05, 0) is 24.3 Å². The first-order valence-electron chi connectivity index (χ1n) is 6.63. The number of fused-ring (bicyclic) bond motifs is 1. The second kappa shape index (κ2) is 5.94. The average Bonchev–Trinajstić information content (AvgIpc) is 2.48. The van der Waals surface area contributed by atoms with Gasteiger partial charge in [-0.3, -0.25) is 0 Å². The van der Waals surface area contributed by atoms with Crippen molar-refractivity contribution in [2.75, 3.05) is 6.61 Å². The van der Waals surface area contributed by atoms with Crippen LogP contribution in [0.1, 0.15) is 23.6 Å². The summed E-state index contributed by atoms with van der Waals surface area (Å²) < 4.78 is 20.3. The van der Waals surface area contributed by atoms with Gasteiger partial charge >= 0.3 is 0 Å². The third kappa shape index (κ3) is 2.86. The monoisotopic (exact) mass is 335 g/mol. The van der Waals surface area contributed by atoms with Crippen molar-refractivity contribution in [3.63, 3.8) is 0 Å². The van der Waals surface area contributed by atoms with E-state index < -0.39 is 0 Å². The molecule has 2 aromatic carbocycles. The van der Waals surface area contributed by atoms with Crippen LogP contribution >= 0.6 is 15.9 Å². The Morgan fingerprint density at radius 2 is 2.10 bits per heavy atom. The van der Waals surface area contributed by atoms with Crippen LogP contribution in [0.4, 0.5) is 4.39 Å². The number of nitrogens with one attached hydrogen (secondary N) is 1. The smallest absolute Gasteiger partial charge is 0.127 e. The molecule has 4 heteroatoms. The van der Waals surface area contributed by atoms with Gasteiger partial charge in [0.25, 0.3) is 0 Å². The Morgan fingerprint density at radius 3 is 3.00 bits per heavy atom. The molecule has 2 nitrogen and oxygen atoms in total. The first kappa shape index (κ1) is 13.6. The normalized spacial score (nSPS) is 17.4. The van der Waals surface area contributed by atoms with Gasteiger partial charge in [-0.25, -0.2) is 4.39 Å². The van der Waals surface area contributed by atoms with Gasteiger partial charge in [-0.1, -0.05) is 34.1 Å². The number of halogens is 2. The van der Waals surface area contributed by atoms with Crippen molar-refractivity contribution < 1.29 is 9.13 Å². The van der Waals surface area contributed by atoms with Crippen molar-refractivity contribution in [1.29, 1.82) is 0 Å². The second-order valence-electron chi connectivity index (χ2n) is 4.84. The Hall–Kier alpha value is -1.39. The number of ether oxygens (including phenoxy) is 1. The molecular weight excluding hydrogens is 321 g/mol. The second-order valence-corrected chi connectivity index (χ2v) is 5.76. The molecule has 1 aliphatic heterocycles. The highest BCUT2D eigenvalue weighted by atomic mass is 79.9. The predicted molar refractivity (Wildman–Crippen MR) is 80.2 cm³/mol. The van der Waals surface area contributed by atoms with Gasteiger partial charge in [0.2, 0.25) is 0 Å². The molecule has 3 rings (SSSR count). The molecule has 0 saturated heterocycles. The Balaban J connectivity index is 1.75. The van der Waals surface area contributed by atoms with Crippen LogP contribution in [-0.4, -0.2) is 6.61 Å². The van der Waals surface area contributed by atoms with Crippen LogP contribution in [0.5, 0.6) is 5.75 Å². The Labute approximate surface area is 126 Å². The predicted octanol–water partition coefficient (Wildman–Crippen LogP) is 4.20. The molecule has 1 unspecified atom stereocenters. The van der Waals surface area contributed by atoms with Crippen molar-refractivity contribution in [1.82, 2.24) is 5.32 Å². The lowest BCUT2D eigenvalue weighted by molar-refractivity contribution is 0.252. The first-order chi connectivity index (χ1) is 9.74. The highest BCUT2D eigenvalue weighted by molar-refractivity contribution is 9.10. The van der Waals surface area contributed by atoms with E-state index in [1.165, 1.54) is 6.07 Å². The number of hydrogen-bond donors (Lipinski definition) is 1. The van der Waals surface area contributed by atoms with Crippen LogP contribution in [0.2, 0.25) is 0 Å². The van der Waals surface area contributed by atoms with E-state index in [0.717, 1.165) is 22.2 Å². The van der Waals surface area contributed by atoms with Crippen LogP contribution in [0, 0.1) is 5.82 Å². The van der Waals surface area contributed by atoms with Gasteiger partial charge in [0.15, 0.2) is 0 Å². The molecule has 0 amide bonds. The Bertz CT molecular complexity index is 617. The molecule has 1 aliphatic rings. The maximum Gasteiger partial charge on any atom is 0.127 e. The minimum atomic E-state index is -0.180. The fraction of sp³-hybridized carbons (Fsp3) is 0.250. The summed E-state index contributed by atoms with van der Waals surface area (Å²) in [6.45, 7) is 1.19. The highest BCUT2D eigenvalue weighted by Crippen LogP contribution is 2.31. The van der Waals surface area contributed by atoms with E-state index in [0.29, 0.717) is 18.7 Å². The van der Waals surface area contributed by atoms with Crippen molar-refractivity contribution in [2.45, 2.75) is 19.0 Å². The van der Waals surface area contributed by atoms with Gasteiger partial charge in [0, 0.05) is 34.6 Å². The Kier molecular flexibility index (Phi) is 4.03. The molecule has 0 fully saturated rings. The van der Waals surface area contributed by atoms with Crippen LogP contribution in [0.3, 0.4) is 0 Å². The lowest BCUT2D eigenvalue weighted by atomic mass is 10.0. The summed E-state index contributed by atoms with van der Waals surface area (Å²) in [4.78, 5) is 0. The molecule has 1 N–H and O–H groups in total. The quantitative estimate of drug-likeness (QED) is 0.907. The van der Waals surface area contributed by atoms with E-state index >= 15 is 0 Å². The summed E-state index contributed by atoms with van der Waals surface area (Å²) in [5.74, 6) is 0.743. The Morgan fingerprint density at radius 1 is 1.25 bits per heavy atom. The van der Waals surface area contributed by atoms with E-state index in [2.05, 4.69) is 27.3 Å². The van der Waals surface area contributed by atoms with Crippen LogP contribution < -0.4 is 10.1 Å². The number of para-hydroxylation sites is 1. The number of hydrogen-bond acceptors (Lipinski definition) is 2. The largest absolute Gasteiger partial charge is 0.493 e. The molecule has 20 heavy (non-hydrogen) atoms.